The van der Waals surface area contributed by atoms with Crippen molar-refractivity contribution in [1.29, 1.82) is 0 Å². The molecule has 0 radical (unpaired) electrons. The number of nitrogens with two attached hydrogens (primary N) is 1. The highest BCUT2D eigenvalue weighted by molar-refractivity contribution is 9.10. The van der Waals surface area contributed by atoms with E-state index in [-0.39, 0.29) is 11.9 Å². The summed E-state index contributed by atoms with van der Waals surface area (Å²) in [5.41, 5.74) is 8.10. The number of benzene rings is 1. The van der Waals surface area contributed by atoms with Crippen LogP contribution in [-0.2, 0) is 0 Å². The van der Waals surface area contributed by atoms with Crippen molar-refractivity contribution in [2.45, 2.75) is 46.1 Å². The zero-order valence-electron chi connectivity index (χ0n) is 12.4. The first kappa shape index (κ1) is 15.4. The van der Waals surface area contributed by atoms with Gasteiger partial charge in [0.25, 0.3) is 5.91 Å². The predicted molar refractivity (Wildman–Crippen MR) is 86.7 cm³/mol. The summed E-state index contributed by atoms with van der Waals surface area (Å²) in [7, 11) is 0. The molecule has 3 N–H and O–H groups in total. The third-order valence-corrected chi connectivity index (χ3v) is 5.14. The number of nitrogens with one attached hydrogen (secondary N) is 1. The lowest BCUT2D eigenvalue weighted by molar-refractivity contribution is 0.0890. The van der Waals surface area contributed by atoms with Crippen LogP contribution in [0, 0.1) is 18.8 Å². The zero-order chi connectivity index (χ0) is 14.9. The molecule has 1 aliphatic rings. The number of hydrogen-bond donors (Lipinski definition) is 2. The maximum Gasteiger partial charge on any atom is 0.251 e. The number of nitrogen functional groups attached to an aromatic ring is 1. The van der Waals surface area contributed by atoms with E-state index in [1.54, 1.807) is 0 Å². The molecule has 110 valence electrons. The smallest absolute Gasteiger partial charge is 0.251 e. The number of amides is 1. The van der Waals surface area contributed by atoms with Gasteiger partial charge in [0.2, 0.25) is 0 Å². The number of carbonyl (C=O) groups excluding carboxylic acids is 1. The van der Waals surface area contributed by atoms with Gasteiger partial charge in [0.1, 0.15) is 0 Å². The van der Waals surface area contributed by atoms with Crippen molar-refractivity contribution in [3.63, 3.8) is 0 Å². The fourth-order valence-corrected chi connectivity index (χ4v) is 3.44. The van der Waals surface area contributed by atoms with Gasteiger partial charge in [0, 0.05) is 21.8 Å². The highest BCUT2D eigenvalue weighted by Crippen LogP contribution is 2.30. The second kappa shape index (κ2) is 6.17. The quantitative estimate of drug-likeness (QED) is 0.803. The van der Waals surface area contributed by atoms with Crippen LogP contribution in [0.25, 0.3) is 0 Å². The molecule has 1 aliphatic carbocycles. The van der Waals surface area contributed by atoms with E-state index in [0.717, 1.165) is 16.5 Å². The van der Waals surface area contributed by atoms with E-state index >= 15 is 0 Å². The monoisotopic (exact) mass is 338 g/mol. The number of carbonyl (C=O) groups is 1. The molecule has 0 aromatic heterocycles. The summed E-state index contributed by atoms with van der Waals surface area (Å²) >= 11 is 3.40. The van der Waals surface area contributed by atoms with Gasteiger partial charge in [-0.1, -0.05) is 42.6 Å². The number of rotatable bonds is 2. The molecule has 1 aromatic carbocycles. The van der Waals surface area contributed by atoms with E-state index in [0.29, 0.717) is 23.1 Å². The summed E-state index contributed by atoms with van der Waals surface area (Å²) in [4.78, 5) is 12.5. The normalized spacial score (nSPS) is 26.3. The van der Waals surface area contributed by atoms with Crippen molar-refractivity contribution >= 4 is 27.5 Å². The van der Waals surface area contributed by atoms with Crippen molar-refractivity contribution in [3.05, 3.63) is 27.7 Å². The van der Waals surface area contributed by atoms with Gasteiger partial charge in [-0.3, -0.25) is 4.79 Å². The molecule has 0 bridgehead atoms. The molecule has 0 aliphatic heterocycles. The van der Waals surface area contributed by atoms with Crippen LogP contribution in [0.4, 0.5) is 5.69 Å². The predicted octanol–water partition coefficient (Wildman–Crippen LogP) is 3.89. The van der Waals surface area contributed by atoms with Gasteiger partial charge in [-0.25, -0.2) is 0 Å². The van der Waals surface area contributed by atoms with Crippen LogP contribution >= 0.6 is 15.9 Å². The van der Waals surface area contributed by atoms with E-state index in [2.05, 4.69) is 35.1 Å². The molecule has 20 heavy (non-hydrogen) atoms. The lowest BCUT2D eigenvalue weighted by Gasteiger charge is -2.34. The Morgan fingerprint density at radius 2 is 2.05 bits per heavy atom. The number of hydrogen-bond acceptors (Lipinski definition) is 2. The van der Waals surface area contributed by atoms with Crippen molar-refractivity contribution < 1.29 is 4.79 Å². The number of halogens is 1. The topological polar surface area (TPSA) is 55.1 Å². The molecule has 3 unspecified atom stereocenters. The molecule has 4 heteroatoms. The van der Waals surface area contributed by atoms with Crippen molar-refractivity contribution in [2.24, 2.45) is 11.8 Å². The zero-order valence-corrected chi connectivity index (χ0v) is 14.0. The van der Waals surface area contributed by atoms with Crippen LogP contribution in [0.1, 0.15) is 49.0 Å². The highest BCUT2D eigenvalue weighted by atomic mass is 79.9. The molecule has 3 nitrogen and oxygen atoms in total. The van der Waals surface area contributed by atoms with Gasteiger partial charge in [-0.15, -0.1) is 0 Å². The third-order valence-electron chi connectivity index (χ3n) is 4.68. The molecule has 1 saturated carbocycles. The molecule has 0 saturated heterocycles. The van der Waals surface area contributed by atoms with Crippen LogP contribution in [0.3, 0.4) is 0 Å². The fraction of sp³-hybridized carbons (Fsp3) is 0.562. The fourth-order valence-electron chi connectivity index (χ4n) is 2.97. The van der Waals surface area contributed by atoms with E-state index in [4.69, 9.17) is 5.73 Å². The molecular weight excluding hydrogens is 316 g/mol. The molecule has 3 atom stereocenters. The minimum atomic E-state index is -0.0125. The molecule has 2 rings (SSSR count). The van der Waals surface area contributed by atoms with Gasteiger partial charge in [0.05, 0.1) is 0 Å². The Morgan fingerprint density at radius 1 is 1.35 bits per heavy atom. The second-order valence-electron chi connectivity index (χ2n) is 6.01. The minimum Gasteiger partial charge on any atom is -0.398 e. The molecule has 0 heterocycles. The standard InChI is InChI=1S/C16H23BrN2O/c1-9-5-4-6-15(10(9)2)19-16(20)13-7-12(17)8-14(18)11(13)3/h7-10,15H,4-6,18H2,1-3H3,(H,19,20). The Hall–Kier alpha value is -1.03. The molecule has 1 aromatic rings. The van der Waals surface area contributed by atoms with E-state index in [1.807, 2.05) is 19.1 Å². The van der Waals surface area contributed by atoms with E-state index in [9.17, 15) is 4.79 Å². The van der Waals surface area contributed by atoms with Crippen LogP contribution < -0.4 is 11.1 Å². The van der Waals surface area contributed by atoms with Gasteiger partial charge in [-0.05, 0) is 42.9 Å². The van der Waals surface area contributed by atoms with Crippen molar-refractivity contribution in [1.82, 2.24) is 5.32 Å². The molecule has 1 fully saturated rings. The van der Waals surface area contributed by atoms with Crippen molar-refractivity contribution in [3.8, 4) is 0 Å². The van der Waals surface area contributed by atoms with E-state index in [1.165, 1.54) is 12.8 Å². The largest absolute Gasteiger partial charge is 0.398 e. The summed E-state index contributed by atoms with van der Waals surface area (Å²) in [5, 5.41) is 3.20. The molecule has 0 spiro atoms. The van der Waals surface area contributed by atoms with Gasteiger partial charge >= 0.3 is 0 Å². The first-order valence-corrected chi connectivity index (χ1v) is 8.06. The van der Waals surface area contributed by atoms with E-state index < -0.39 is 0 Å². The summed E-state index contributed by atoms with van der Waals surface area (Å²) < 4.78 is 0.843. The maximum absolute atomic E-state index is 12.5. The Labute approximate surface area is 129 Å². The van der Waals surface area contributed by atoms with Crippen LogP contribution in [0.15, 0.2) is 16.6 Å². The Kier molecular flexibility index (Phi) is 4.74. The third kappa shape index (κ3) is 3.17. The van der Waals surface area contributed by atoms with Gasteiger partial charge in [0.15, 0.2) is 0 Å². The van der Waals surface area contributed by atoms with Crippen LogP contribution in [0.2, 0.25) is 0 Å². The highest BCUT2D eigenvalue weighted by Gasteiger charge is 2.28. The van der Waals surface area contributed by atoms with Gasteiger partial charge in [-0.2, -0.15) is 0 Å². The lowest BCUT2D eigenvalue weighted by atomic mass is 9.78. The number of anilines is 1. The van der Waals surface area contributed by atoms with Gasteiger partial charge < -0.3 is 11.1 Å². The Balaban J connectivity index is 2.16. The minimum absolute atomic E-state index is 0.0125. The summed E-state index contributed by atoms with van der Waals surface area (Å²) in [6.45, 7) is 6.39. The van der Waals surface area contributed by atoms with Crippen LogP contribution in [-0.4, -0.2) is 11.9 Å². The summed E-state index contributed by atoms with van der Waals surface area (Å²) in [6.07, 6.45) is 3.52. The average Bonchev–Trinajstić information content (AvgIpc) is 2.39. The lowest BCUT2D eigenvalue weighted by Crippen LogP contribution is -2.43. The second-order valence-corrected chi connectivity index (χ2v) is 6.93. The maximum atomic E-state index is 12.5. The van der Waals surface area contributed by atoms with Crippen molar-refractivity contribution in [2.75, 3.05) is 5.73 Å². The average molecular weight is 339 g/mol. The molecule has 1 amide bonds. The molecular formula is C16H23BrN2O. The summed E-state index contributed by atoms with van der Waals surface area (Å²) in [5.74, 6) is 1.18. The SMILES string of the molecule is Cc1c(N)cc(Br)cc1C(=O)NC1CCCC(C)C1C. The Morgan fingerprint density at radius 3 is 2.75 bits per heavy atom. The first-order valence-electron chi connectivity index (χ1n) is 7.26. The Bertz CT molecular complexity index is 515. The summed E-state index contributed by atoms with van der Waals surface area (Å²) in [6, 6.07) is 3.95. The first-order chi connectivity index (χ1) is 9.40. The van der Waals surface area contributed by atoms with Crippen LogP contribution in [0.5, 0.6) is 0 Å².